The van der Waals surface area contributed by atoms with Crippen LogP contribution in [0.15, 0.2) is 30.3 Å². The van der Waals surface area contributed by atoms with Crippen LogP contribution in [0.5, 0.6) is 5.75 Å². The molecule has 3 heterocycles. The summed E-state index contributed by atoms with van der Waals surface area (Å²) in [6.07, 6.45) is 3.72. The van der Waals surface area contributed by atoms with E-state index in [0.29, 0.717) is 12.8 Å². The molecule has 1 N–H and O–H groups in total. The Morgan fingerprint density at radius 3 is 2.77 bits per heavy atom. The highest BCUT2D eigenvalue weighted by Gasteiger charge is 2.21. The number of rotatable bonds is 7. The summed E-state index contributed by atoms with van der Waals surface area (Å²) in [5.41, 5.74) is 2.00. The minimum absolute atomic E-state index is 0.0535. The molecule has 2 aliphatic rings. The van der Waals surface area contributed by atoms with Crippen molar-refractivity contribution >= 4 is 34.4 Å². The molecule has 0 spiro atoms. The zero-order chi connectivity index (χ0) is 20.9. The number of nitrogens with one attached hydrogen (secondary N) is 1. The van der Waals surface area contributed by atoms with E-state index in [1.54, 1.807) is 18.4 Å². The van der Waals surface area contributed by atoms with Crippen LogP contribution in [0.1, 0.15) is 40.2 Å². The van der Waals surface area contributed by atoms with Crippen LogP contribution in [-0.2, 0) is 11.2 Å². The van der Waals surface area contributed by atoms with Crippen molar-refractivity contribution in [2.75, 3.05) is 50.1 Å². The highest BCUT2D eigenvalue weighted by Crippen LogP contribution is 2.32. The predicted molar refractivity (Wildman–Crippen MR) is 121 cm³/mol. The molecule has 6 nitrogen and oxygen atoms in total. The number of aryl methyl sites for hydroxylation is 1. The largest absolute Gasteiger partial charge is 0.495 e. The van der Waals surface area contributed by atoms with Gasteiger partial charge < -0.3 is 15.0 Å². The average Bonchev–Trinajstić information content (AvgIpc) is 3.08. The number of piperazine rings is 1. The van der Waals surface area contributed by atoms with Gasteiger partial charge in [-0.15, -0.1) is 11.3 Å². The van der Waals surface area contributed by atoms with Gasteiger partial charge in [-0.25, -0.2) is 0 Å². The van der Waals surface area contributed by atoms with Crippen LogP contribution < -0.4 is 15.0 Å². The van der Waals surface area contributed by atoms with E-state index in [2.05, 4.69) is 21.2 Å². The van der Waals surface area contributed by atoms with Gasteiger partial charge >= 0.3 is 0 Å². The van der Waals surface area contributed by atoms with Gasteiger partial charge in [-0.2, -0.15) is 0 Å². The van der Waals surface area contributed by atoms with Gasteiger partial charge in [0.05, 0.1) is 23.4 Å². The first kappa shape index (κ1) is 20.9. The molecule has 0 atom stereocenters. The summed E-state index contributed by atoms with van der Waals surface area (Å²) in [6, 6.07) is 10.0. The SMILES string of the molecule is COc1ccccc1N1CCN(CCCC(=O)c2cc3c(s2)CCCC(=O)N3)CC1. The Morgan fingerprint density at radius 1 is 1.17 bits per heavy atom. The normalized spacial score (nSPS) is 17.2. The number of methoxy groups -OCH3 is 1. The Labute approximate surface area is 181 Å². The lowest BCUT2D eigenvalue weighted by molar-refractivity contribution is -0.116. The number of hydrogen-bond donors (Lipinski definition) is 1. The molecule has 1 aromatic carbocycles. The Kier molecular flexibility index (Phi) is 6.69. The molecule has 2 aliphatic heterocycles. The summed E-state index contributed by atoms with van der Waals surface area (Å²) in [7, 11) is 1.71. The Morgan fingerprint density at radius 2 is 1.97 bits per heavy atom. The van der Waals surface area contributed by atoms with Crippen molar-refractivity contribution in [1.82, 2.24) is 4.90 Å². The third-order valence-corrected chi connectivity index (χ3v) is 7.08. The predicted octanol–water partition coefficient (Wildman–Crippen LogP) is 3.82. The average molecular weight is 428 g/mol. The van der Waals surface area contributed by atoms with Gasteiger partial charge in [0.2, 0.25) is 5.91 Å². The second-order valence-electron chi connectivity index (χ2n) is 7.88. The number of ether oxygens (including phenoxy) is 1. The molecular formula is C23H29N3O3S. The van der Waals surface area contributed by atoms with E-state index in [0.717, 1.165) is 78.9 Å². The summed E-state index contributed by atoms with van der Waals surface area (Å²) in [5.74, 6) is 1.16. The van der Waals surface area contributed by atoms with E-state index < -0.39 is 0 Å². The smallest absolute Gasteiger partial charge is 0.224 e. The van der Waals surface area contributed by atoms with Crippen molar-refractivity contribution in [2.45, 2.75) is 32.1 Å². The molecule has 0 radical (unpaired) electrons. The summed E-state index contributed by atoms with van der Waals surface area (Å²) < 4.78 is 5.49. The van der Waals surface area contributed by atoms with Gasteiger partial charge in [0.15, 0.2) is 5.78 Å². The lowest BCUT2D eigenvalue weighted by Gasteiger charge is -2.36. The number of ketones is 1. The Bertz CT molecular complexity index is 903. The standard InChI is InChI=1S/C23H29N3O3S/c1-29-20-8-3-2-6-18(20)26-14-12-25(13-15-26)11-5-7-19(27)22-16-17-21(30-22)9-4-10-23(28)24-17/h2-3,6,8,16H,4-5,7,9-15H2,1H3,(H,24,28). The molecular weight excluding hydrogens is 398 g/mol. The van der Waals surface area contributed by atoms with Crippen molar-refractivity contribution in [2.24, 2.45) is 0 Å². The van der Waals surface area contributed by atoms with Crippen LogP contribution in [0.3, 0.4) is 0 Å². The molecule has 4 rings (SSSR count). The molecule has 30 heavy (non-hydrogen) atoms. The molecule has 2 aromatic rings. The monoisotopic (exact) mass is 427 g/mol. The fourth-order valence-corrected chi connectivity index (χ4v) is 5.29. The van der Waals surface area contributed by atoms with Crippen LogP contribution in [0.25, 0.3) is 0 Å². The number of fused-ring (bicyclic) bond motifs is 1. The van der Waals surface area contributed by atoms with Crippen molar-refractivity contribution in [3.05, 3.63) is 40.1 Å². The molecule has 160 valence electrons. The maximum absolute atomic E-state index is 12.6. The molecule has 0 aliphatic carbocycles. The van der Waals surface area contributed by atoms with E-state index >= 15 is 0 Å². The van der Waals surface area contributed by atoms with Crippen molar-refractivity contribution in [3.63, 3.8) is 0 Å². The quantitative estimate of drug-likeness (QED) is 0.681. The van der Waals surface area contributed by atoms with Gasteiger partial charge in [0.25, 0.3) is 0 Å². The molecule has 7 heteroatoms. The molecule has 1 saturated heterocycles. The zero-order valence-corrected chi connectivity index (χ0v) is 18.3. The molecule has 0 saturated carbocycles. The zero-order valence-electron chi connectivity index (χ0n) is 17.5. The van der Waals surface area contributed by atoms with Gasteiger partial charge in [0.1, 0.15) is 5.75 Å². The topological polar surface area (TPSA) is 61.9 Å². The summed E-state index contributed by atoms with van der Waals surface area (Å²) in [4.78, 5) is 31.1. The number of carbonyl (C=O) groups excluding carboxylic acids is 2. The van der Waals surface area contributed by atoms with E-state index in [4.69, 9.17) is 4.74 Å². The highest BCUT2D eigenvalue weighted by molar-refractivity contribution is 7.14. The maximum Gasteiger partial charge on any atom is 0.224 e. The minimum atomic E-state index is 0.0535. The number of benzene rings is 1. The molecule has 1 fully saturated rings. The van der Waals surface area contributed by atoms with Crippen molar-refractivity contribution in [3.8, 4) is 5.75 Å². The fourth-order valence-electron chi connectivity index (χ4n) is 4.17. The number of nitrogens with zero attached hydrogens (tertiary/aromatic N) is 2. The summed E-state index contributed by atoms with van der Waals surface area (Å²) in [5, 5.41) is 2.93. The first-order valence-corrected chi connectivity index (χ1v) is 11.5. The first-order valence-electron chi connectivity index (χ1n) is 10.7. The van der Waals surface area contributed by atoms with E-state index in [9.17, 15) is 9.59 Å². The van der Waals surface area contributed by atoms with Crippen molar-refractivity contribution < 1.29 is 14.3 Å². The van der Waals surface area contributed by atoms with Gasteiger partial charge in [-0.05, 0) is 44.0 Å². The third-order valence-electron chi connectivity index (χ3n) is 5.84. The maximum atomic E-state index is 12.6. The molecule has 0 unspecified atom stereocenters. The molecule has 0 bridgehead atoms. The Balaban J connectivity index is 1.23. The molecule has 1 aromatic heterocycles. The summed E-state index contributed by atoms with van der Waals surface area (Å²) >= 11 is 1.55. The second kappa shape index (κ2) is 9.62. The highest BCUT2D eigenvalue weighted by atomic mass is 32.1. The number of Topliss-reactive ketones (excluding diaryl/α,β-unsaturated/α-hetero) is 1. The van der Waals surface area contributed by atoms with Gasteiger partial charge in [-0.1, -0.05) is 12.1 Å². The van der Waals surface area contributed by atoms with E-state index in [-0.39, 0.29) is 11.7 Å². The van der Waals surface area contributed by atoms with Crippen LogP contribution in [-0.4, -0.2) is 56.4 Å². The van der Waals surface area contributed by atoms with Crippen LogP contribution in [0, 0.1) is 0 Å². The van der Waals surface area contributed by atoms with Crippen LogP contribution >= 0.6 is 11.3 Å². The second-order valence-corrected chi connectivity index (χ2v) is 9.01. The molecule has 1 amide bonds. The fraction of sp³-hybridized carbons (Fsp3) is 0.478. The minimum Gasteiger partial charge on any atom is -0.495 e. The van der Waals surface area contributed by atoms with Crippen molar-refractivity contribution in [1.29, 1.82) is 0 Å². The summed E-state index contributed by atoms with van der Waals surface area (Å²) in [6.45, 7) is 4.85. The van der Waals surface area contributed by atoms with Gasteiger partial charge in [0, 0.05) is 43.9 Å². The van der Waals surface area contributed by atoms with Gasteiger partial charge in [-0.3, -0.25) is 14.5 Å². The lowest BCUT2D eigenvalue weighted by atomic mass is 10.1. The number of para-hydroxylation sites is 2. The van der Waals surface area contributed by atoms with Crippen LogP contribution in [0.2, 0.25) is 0 Å². The number of amides is 1. The van der Waals surface area contributed by atoms with E-state index in [1.165, 1.54) is 0 Å². The first-order chi connectivity index (χ1) is 14.6. The Hall–Kier alpha value is -2.38. The van der Waals surface area contributed by atoms with E-state index in [1.807, 2.05) is 24.3 Å². The third kappa shape index (κ3) is 4.84. The number of thiophene rings is 1. The number of hydrogen-bond acceptors (Lipinski definition) is 6. The van der Waals surface area contributed by atoms with Crippen LogP contribution in [0.4, 0.5) is 11.4 Å². The lowest BCUT2D eigenvalue weighted by Crippen LogP contribution is -2.46. The number of anilines is 2. The number of carbonyl (C=O) groups is 2.